The van der Waals surface area contributed by atoms with Crippen LogP contribution >= 0.6 is 11.6 Å². The SMILES string of the molecule is C=C/C=C(\C=C)C(Cl)(c1ccccc1)c1ccccc1. The third-order valence-corrected chi connectivity index (χ3v) is 3.91. The summed E-state index contributed by atoms with van der Waals surface area (Å²) >= 11 is 7.05. The summed E-state index contributed by atoms with van der Waals surface area (Å²) in [6, 6.07) is 20.0. The predicted octanol–water partition coefficient (Wildman–Crippen LogP) is 5.47. The molecule has 0 nitrogen and oxygen atoms in total. The Morgan fingerprint density at radius 1 is 0.850 bits per heavy atom. The van der Waals surface area contributed by atoms with Gasteiger partial charge in [0.2, 0.25) is 0 Å². The first kappa shape index (κ1) is 14.4. The van der Waals surface area contributed by atoms with Crippen molar-refractivity contribution in [3.05, 3.63) is 109 Å². The van der Waals surface area contributed by atoms with Crippen molar-refractivity contribution in [1.29, 1.82) is 0 Å². The average Bonchev–Trinajstić information content (AvgIpc) is 2.53. The number of alkyl halides is 1. The Morgan fingerprint density at radius 3 is 1.65 bits per heavy atom. The number of halogens is 1. The molecule has 0 bridgehead atoms. The first-order valence-corrected chi connectivity index (χ1v) is 6.87. The van der Waals surface area contributed by atoms with Crippen LogP contribution in [-0.2, 0) is 4.87 Å². The number of hydrogen-bond donors (Lipinski definition) is 0. The molecule has 0 spiro atoms. The van der Waals surface area contributed by atoms with E-state index in [1.165, 1.54) is 0 Å². The van der Waals surface area contributed by atoms with Gasteiger partial charge in [-0.1, -0.05) is 92.0 Å². The van der Waals surface area contributed by atoms with Gasteiger partial charge in [-0.15, -0.1) is 11.6 Å². The van der Waals surface area contributed by atoms with Crippen LogP contribution in [0.25, 0.3) is 0 Å². The largest absolute Gasteiger partial charge is 0.119 e. The van der Waals surface area contributed by atoms with Crippen molar-refractivity contribution in [2.45, 2.75) is 4.87 Å². The summed E-state index contributed by atoms with van der Waals surface area (Å²) in [5, 5.41) is 0. The Balaban J connectivity index is 2.70. The smallest absolute Gasteiger partial charge is 0.104 e. The van der Waals surface area contributed by atoms with E-state index in [0.29, 0.717) is 0 Å². The Hall–Kier alpha value is -2.05. The molecule has 0 aromatic heterocycles. The molecule has 0 fully saturated rings. The molecule has 20 heavy (non-hydrogen) atoms. The number of rotatable bonds is 5. The molecule has 0 saturated carbocycles. The molecule has 0 heterocycles. The summed E-state index contributed by atoms with van der Waals surface area (Å²) in [4.78, 5) is -0.752. The molecule has 0 amide bonds. The summed E-state index contributed by atoms with van der Waals surface area (Å²) in [5.41, 5.74) is 2.94. The van der Waals surface area contributed by atoms with Crippen LogP contribution in [0, 0.1) is 0 Å². The zero-order valence-corrected chi connectivity index (χ0v) is 12.1. The minimum Gasteiger partial charge on any atom is -0.104 e. The lowest BCUT2D eigenvalue weighted by atomic mass is 9.83. The number of allylic oxidation sites excluding steroid dienone is 4. The van der Waals surface area contributed by atoms with Gasteiger partial charge < -0.3 is 0 Å². The summed E-state index contributed by atoms with van der Waals surface area (Å²) in [6.45, 7) is 7.66. The Bertz CT molecular complexity index is 569. The molecule has 0 saturated heterocycles. The van der Waals surface area contributed by atoms with Crippen molar-refractivity contribution in [3.8, 4) is 0 Å². The standard InChI is InChI=1S/C19H17Cl/c1-3-11-16(4-2)19(20,17-12-7-5-8-13-17)18-14-9-6-10-15-18/h3-15H,1-2H2/b16-11+. The molecule has 0 aliphatic rings. The topological polar surface area (TPSA) is 0 Å². The van der Waals surface area contributed by atoms with Crippen LogP contribution in [0.3, 0.4) is 0 Å². The van der Waals surface area contributed by atoms with Crippen molar-refractivity contribution < 1.29 is 0 Å². The third kappa shape index (κ3) is 2.61. The first-order valence-electron chi connectivity index (χ1n) is 6.49. The molecule has 0 aliphatic heterocycles. The third-order valence-electron chi connectivity index (χ3n) is 3.26. The molecule has 2 aromatic carbocycles. The monoisotopic (exact) mass is 280 g/mol. The summed E-state index contributed by atoms with van der Waals surface area (Å²) in [7, 11) is 0. The maximum Gasteiger partial charge on any atom is 0.119 e. The second-order valence-electron chi connectivity index (χ2n) is 4.45. The maximum absolute atomic E-state index is 7.05. The molecule has 100 valence electrons. The van der Waals surface area contributed by atoms with Gasteiger partial charge >= 0.3 is 0 Å². The van der Waals surface area contributed by atoms with Gasteiger partial charge in [0.05, 0.1) is 0 Å². The molecule has 2 aromatic rings. The van der Waals surface area contributed by atoms with Gasteiger partial charge in [-0.05, 0) is 16.7 Å². The van der Waals surface area contributed by atoms with Crippen LogP contribution in [0.4, 0.5) is 0 Å². The van der Waals surface area contributed by atoms with E-state index in [0.717, 1.165) is 16.7 Å². The van der Waals surface area contributed by atoms with Crippen molar-refractivity contribution in [2.24, 2.45) is 0 Å². The molecular formula is C19H17Cl. The normalized spacial score (nSPS) is 11.9. The lowest BCUT2D eigenvalue weighted by Gasteiger charge is -2.30. The van der Waals surface area contributed by atoms with E-state index in [9.17, 15) is 0 Å². The summed E-state index contributed by atoms with van der Waals surface area (Å²) < 4.78 is 0. The molecule has 1 heteroatoms. The zero-order valence-electron chi connectivity index (χ0n) is 11.3. The van der Waals surface area contributed by atoms with Gasteiger partial charge in [0.15, 0.2) is 0 Å². The highest BCUT2D eigenvalue weighted by Gasteiger charge is 2.34. The highest BCUT2D eigenvalue weighted by molar-refractivity contribution is 6.28. The fourth-order valence-corrected chi connectivity index (χ4v) is 2.68. The van der Waals surface area contributed by atoms with Gasteiger partial charge in [-0.25, -0.2) is 0 Å². The maximum atomic E-state index is 7.05. The fraction of sp³-hybridized carbons (Fsp3) is 0.0526. The molecular weight excluding hydrogens is 264 g/mol. The molecule has 0 atom stereocenters. The van der Waals surface area contributed by atoms with Gasteiger partial charge in [0.1, 0.15) is 4.87 Å². The minimum absolute atomic E-state index is 0.752. The van der Waals surface area contributed by atoms with Gasteiger partial charge in [0.25, 0.3) is 0 Å². The van der Waals surface area contributed by atoms with Crippen molar-refractivity contribution in [2.75, 3.05) is 0 Å². The van der Waals surface area contributed by atoms with Crippen LogP contribution in [-0.4, -0.2) is 0 Å². The van der Waals surface area contributed by atoms with Crippen LogP contribution in [0.5, 0.6) is 0 Å². The minimum atomic E-state index is -0.752. The molecule has 0 radical (unpaired) electrons. The average molecular weight is 281 g/mol. The molecule has 0 N–H and O–H groups in total. The van der Waals surface area contributed by atoms with E-state index >= 15 is 0 Å². The van der Waals surface area contributed by atoms with E-state index in [1.54, 1.807) is 12.2 Å². The van der Waals surface area contributed by atoms with Crippen molar-refractivity contribution in [3.63, 3.8) is 0 Å². The lowest BCUT2D eigenvalue weighted by Crippen LogP contribution is -2.22. The second-order valence-corrected chi connectivity index (χ2v) is 5.02. The van der Waals surface area contributed by atoms with E-state index in [4.69, 9.17) is 11.6 Å². The summed E-state index contributed by atoms with van der Waals surface area (Å²) in [5.74, 6) is 0. The molecule has 0 aliphatic carbocycles. The second kappa shape index (κ2) is 6.40. The van der Waals surface area contributed by atoms with E-state index < -0.39 is 4.87 Å². The van der Waals surface area contributed by atoms with E-state index in [-0.39, 0.29) is 0 Å². The number of hydrogen-bond acceptors (Lipinski definition) is 0. The Kier molecular flexibility index (Phi) is 4.60. The zero-order chi connectivity index (χ0) is 14.4. The van der Waals surface area contributed by atoms with Gasteiger partial charge in [0, 0.05) is 0 Å². The van der Waals surface area contributed by atoms with Crippen LogP contribution in [0.2, 0.25) is 0 Å². The van der Waals surface area contributed by atoms with E-state index in [2.05, 4.69) is 13.2 Å². The Labute approximate surface area is 125 Å². The van der Waals surface area contributed by atoms with Crippen molar-refractivity contribution in [1.82, 2.24) is 0 Å². The van der Waals surface area contributed by atoms with Crippen molar-refractivity contribution >= 4 is 11.6 Å². The highest BCUT2D eigenvalue weighted by Crippen LogP contribution is 2.43. The van der Waals surface area contributed by atoms with Crippen LogP contribution in [0.15, 0.2) is 97.6 Å². The number of benzene rings is 2. The summed E-state index contributed by atoms with van der Waals surface area (Å²) in [6.07, 6.45) is 5.43. The van der Waals surface area contributed by atoms with Crippen LogP contribution < -0.4 is 0 Å². The lowest BCUT2D eigenvalue weighted by molar-refractivity contribution is 0.879. The Morgan fingerprint density at radius 2 is 1.30 bits per heavy atom. The van der Waals surface area contributed by atoms with Crippen LogP contribution in [0.1, 0.15) is 11.1 Å². The molecule has 0 unspecified atom stereocenters. The quantitative estimate of drug-likeness (QED) is 0.503. The fourth-order valence-electron chi connectivity index (χ4n) is 2.29. The van der Waals surface area contributed by atoms with Gasteiger partial charge in [-0.2, -0.15) is 0 Å². The van der Waals surface area contributed by atoms with Gasteiger partial charge in [-0.3, -0.25) is 0 Å². The highest BCUT2D eigenvalue weighted by atomic mass is 35.5. The first-order chi connectivity index (χ1) is 9.73. The predicted molar refractivity (Wildman–Crippen MR) is 88.0 cm³/mol. The van der Waals surface area contributed by atoms with E-state index in [1.807, 2.05) is 66.7 Å². The molecule has 2 rings (SSSR count).